The van der Waals surface area contributed by atoms with E-state index < -0.39 is 0 Å². The molecule has 2 rings (SSSR count). The minimum Gasteiger partial charge on any atom is -0.494 e. The monoisotopic (exact) mass is 252 g/mol. The molecule has 0 amide bonds. The third kappa shape index (κ3) is 2.25. The highest BCUT2D eigenvalue weighted by atomic mass is 32.1. The molecule has 1 aromatic heterocycles. The fourth-order valence-corrected chi connectivity index (χ4v) is 2.46. The second kappa shape index (κ2) is 4.67. The number of H-pyrrole nitrogens is 1. The van der Waals surface area contributed by atoms with Crippen LogP contribution >= 0.6 is 23.6 Å². The van der Waals surface area contributed by atoms with Crippen molar-refractivity contribution >= 4 is 28.6 Å². The van der Waals surface area contributed by atoms with Crippen LogP contribution in [-0.2, 0) is 0 Å². The van der Waals surface area contributed by atoms with Gasteiger partial charge in [0.25, 0.3) is 0 Å². The number of benzene rings is 1. The van der Waals surface area contributed by atoms with Crippen LogP contribution in [0, 0.1) is 3.95 Å². The standard InChI is InChI=1S/C11H12N2OS2/c1-2-14-8-5-3-4-7(6-8)9-10(12)16-11(15)13-9/h3-6H,2,12H2,1H3,(H,13,15). The van der Waals surface area contributed by atoms with Crippen molar-refractivity contribution in [1.29, 1.82) is 0 Å². The molecule has 0 aliphatic carbocycles. The van der Waals surface area contributed by atoms with E-state index in [0.29, 0.717) is 15.6 Å². The number of nitrogens with one attached hydrogen (secondary N) is 1. The molecule has 0 aliphatic rings. The number of rotatable bonds is 3. The van der Waals surface area contributed by atoms with E-state index in [1.165, 1.54) is 11.3 Å². The maximum absolute atomic E-state index is 5.88. The number of nitrogen functional groups attached to an aromatic ring is 1. The van der Waals surface area contributed by atoms with E-state index in [2.05, 4.69) is 4.98 Å². The SMILES string of the molecule is CCOc1cccc(-c2[nH]c(=S)sc2N)c1. The van der Waals surface area contributed by atoms with Crippen LogP contribution in [0.25, 0.3) is 11.3 Å². The van der Waals surface area contributed by atoms with Gasteiger partial charge < -0.3 is 15.5 Å². The van der Waals surface area contributed by atoms with E-state index in [0.717, 1.165) is 17.0 Å². The Morgan fingerprint density at radius 2 is 2.31 bits per heavy atom. The quantitative estimate of drug-likeness (QED) is 0.823. The molecule has 5 heteroatoms. The second-order valence-electron chi connectivity index (χ2n) is 3.21. The van der Waals surface area contributed by atoms with E-state index in [4.69, 9.17) is 22.7 Å². The summed E-state index contributed by atoms with van der Waals surface area (Å²) in [6, 6.07) is 7.79. The van der Waals surface area contributed by atoms with Crippen LogP contribution in [0.4, 0.5) is 5.00 Å². The normalized spacial score (nSPS) is 10.3. The van der Waals surface area contributed by atoms with Crippen molar-refractivity contribution in [3.8, 4) is 17.0 Å². The van der Waals surface area contributed by atoms with Crippen LogP contribution in [0.3, 0.4) is 0 Å². The lowest BCUT2D eigenvalue weighted by Crippen LogP contribution is -1.92. The van der Waals surface area contributed by atoms with Crippen molar-refractivity contribution in [2.24, 2.45) is 0 Å². The summed E-state index contributed by atoms with van der Waals surface area (Å²) >= 11 is 6.44. The number of aromatic amines is 1. The van der Waals surface area contributed by atoms with Gasteiger partial charge in [0, 0.05) is 5.56 Å². The van der Waals surface area contributed by atoms with Gasteiger partial charge in [-0.1, -0.05) is 23.5 Å². The predicted octanol–water partition coefficient (Wildman–Crippen LogP) is 3.45. The molecular formula is C11H12N2OS2. The van der Waals surface area contributed by atoms with Gasteiger partial charge in [-0.2, -0.15) is 0 Å². The molecule has 0 aliphatic heterocycles. The lowest BCUT2D eigenvalue weighted by atomic mass is 10.1. The van der Waals surface area contributed by atoms with Crippen molar-refractivity contribution < 1.29 is 4.74 Å². The summed E-state index contributed by atoms with van der Waals surface area (Å²) in [5.41, 5.74) is 7.75. The molecule has 1 aromatic carbocycles. The molecule has 0 saturated carbocycles. The van der Waals surface area contributed by atoms with Crippen LogP contribution in [0.1, 0.15) is 6.92 Å². The third-order valence-corrected chi connectivity index (χ3v) is 3.17. The smallest absolute Gasteiger partial charge is 0.160 e. The molecule has 0 atom stereocenters. The summed E-state index contributed by atoms with van der Waals surface area (Å²) in [7, 11) is 0. The van der Waals surface area contributed by atoms with Gasteiger partial charge in [-0.3, -0.25) is 0 Å². The third-order valence-electron chi connectivity index (χ3n) is 2.11. The molecule has 3 nitrogen and oxygen atoms in total. The number of thiazole rings is 1. The zero-order valence-electron chi connectivity index (χ0n) is 8.82. The van der Waals surface area contributed by atoms with Gasteiger partial charge in [0.2, 0.25) is 0 Å². The van der Waals surface area contributed by atoms with Gasteiger partial charge in [0.1, 0.15) is 10.8 Å². The largest absolute Gasteiger partial charge is 0.494 e. The number of aromatic nitrogens is 1. The number of hydrogen-bond donors (Lipinski definition) is 2. The maximum Gasteiger partial charge on any atom is 0.160 e. The Hall–Kier alpha value is -1.33. The molecule has 0 bridgehead atoms. The summed E-state index contributed by atoms with van der Waals surface area (Å²) in [5, 5.41) is 0.707. The zero-order chi connectivity index (χ0) is 11.5. The predicted molar refractivity (Wildman–Crippen MR) is 70.5 cm³/mol. The Labute approximate surface area is 103 Å². The fraction of sp³-hybridized carbons (Fsp3) is 0.182. The van der Waals surface area contributed by atoms with Crippen LogP contribution in [0.5, 0.6) is 5.75 Å². The Bertz CT molecular complexity index is 545. The van der Waals surface area contributed by atoms with Crippen molar-refractivity contribution in [2.75, 3.05) is 12.3 Å². The molecule has 0 radical (unpaired) electrons. The molecule has 0 fully saturated rings. The van der Waals surface area contributed by atoms with Crippen LogP contribution < -0.4 is 10.5 Å². The van der Waals surface area contributed by atoms with Crippen LogP contribution in [-0.4, -0.2) is 11.6 Å². The van der Waals surface area contributed by atoms with Crippen LogP contribution in [0.15, 0.2) is 24.3 Å². The van der Waals surface area contributed by atoms with Gasteiger partial charge in [0.05, 0.1) is 12.3 Å². The van der Waals surface area contributed by atoms with E-state index >= 15 is 0 Å². The Morgan fingerprint density at radius 3 is 2.94 bits per heavy atom. The Kier molecular flexibility index (Phi) is 3.26. The maximum atomic E-state index is 5.88. The van der Waals surface area contributed by atoms with Gasteiger partial charge in [-0.25, -0.2) is 0 Å². The number of ether oxygens (including phenoxy) is 1. The lowest BCUT2D eigenvalue weighted by Gasteiger charge is -2.05. The number of hydrogen-bond acceptors (Lipinski definition) is 4. The topological polar surface area (TPSA) is 51.0 Å². The first-order valence-corrected chi connectivity index (χ1v) is 6.15. The van der Waals surface area contributed by atoms with Gasteiger partial charge >= 0.3 is 0 Å². The first-order valence-electron chi connectivity index (χ1n) is 4.92. The highest BCUT2D eigenvalue weighted by molar-refractivity contribution is 7.73. The van der Waals surface area contributed by atoms with Crippen molar-refractivity contribution in [2.45, 2.75) is 6.92 Å². The van der Waals surface area contributed by atoms with Crippen molar-refractivity contribution in [3.63, 3.8) is 0 Å². The lowest BCUT2D eigenvalue weighted by molar-refractivity contribution is 0.340. The second-order valence-corrected chi connectivity index (χ2v) is 4.93. The average molecular weight is 252 g/mol. The Morgan fingerprint density at radius 1 is 1.50 bits per heavy atom. The molecule has 2 aromatic rings. The van der Waals surface area contributed by atoms with E-state index in [1.54, 1.807) is 0 Å². The van der Waals surface area contributed by atoms with E-state index in [9.17, 15) is 0 Å². The van der Waals surface area contributed by atoms with Gasteiger partial charge in [0.15, 0.2) is 3.95 Å². The highest BCUT2D eigenvalue weighted by Crippen LogP contribution is 2.30. The molecule has 16 heavy (non-hydrogen) atoms. The van der Waals surface area contributed by atoms with Crippen molar-refractivity contribution in [3.05, 3.63) is 28.2 Å². The first kappa shape index (κ1) is 11.2. The molecule has 3 N–H and O–H groups in total. The fourth-order valence-electron chi connectivity index (χ4n) is 1.46. The van der Waals surface area contributed by atoms with Gasteiger partial charge in [-0.05, 0) is 31.3 Å². The molecule has 0 saturated heterocycles. The summed E-state index contributed by atoms with van der Waals surface area (Å²) in [6.45, 7) is 2.61. The highest BCUT2D eigenvalue weighted by Gasteiger charge is 2.06. The first-order chi connectivity index (χ1) is 7.70. The molecule has 84 valence electrons. The number of nitrogens with two attached hydrogens (primary N) is 1. The molecule has 0 spiro atoms. The molecule has 0 unspecified atom stereocenters. The summed E-state index contributed by atoms with van der Waals surface area (Å²) in [4.78, 5) is 3.08. The van der Waals surface area contributed by atoms with E-state index in [1.807, 2.05) is 31.2 Å². The molecule has 1 heterocycles. The van der Waals surface area contributed by atoms with Crippen LogP contribution in [0.2, 0.25) is 0 Å². The van der Waals surface area contributed by atoms with E-state index in [-0.39, 0.29) is 0 Å². The number of anilines is 1. The summed E-state index contributed by atoms with van der Waals surface area (Å²) in [5.74, 6) is 0.838. The summed E-state index contributed by atoms with van der Waals surface area (Å²) in [6.07, 6.45) is 0. The average Bonchev–Trinajstić information content (AvgIpc) is 2.59. The van der Waals surface area contributed by atoms with Gasteiger partial charge in [-0.15, -0.1) is 0 Å². The van der Waals surface area contributed by atoms with Crippen molar-refractivity contribution in [1.82, 2.24) is 4.98 Å². The minimum atomic E-state index is 0.651. The Balaban J connectivity index is 2.44. The minimum absolute atomic E-state index is 0.651. The summed E-state index contributed by atoms with van der Waals surface area (Å²) < 4.78 is 6.13. The molecular weight excluding hydrogens is 240 g/mol. The zero-order valence-corrected chi connectivity index (χ0v) is 10.5.